The molecule has 0 saturated carbocycles. The maximum absolute atomic E-state index is 14.0. The van der Waals surface area contributed by atoms with Crippen molar-refractivity contribution in [1.82, 2.24) is 5.32 Å². The standard InChI is InChI=1S/C16H25FN2O2/c1-4-10-18-14(11-12(2)3)9-8-13-6-5-7-15(16(13)17)19(20)21/h5-7,12,14,18H,4,8-11H2,1-3H3. The van der Waals surface area contributed by atoms with Crippen LogP contribution in [0.25, 0.3) is 0 Å². The van der Waals surface area contributed by atoms with Gasteiger partial charge in [-0.2, -0.15) is 4.39 Å². The smallest absolute Gasteiger partial charge is 0.305 e. The fraction of sp³-hybridized carbons (Fsp3) is 0.625. The predicted octanol–water partition coefficient (Wildman–Crippen LogP) is 4.08. The van der Waals surface area contributed by atoms with Crippen LogP contribution in [0.1, 0.15) is 45.6 Å². The van der Waals surface area contributed by atoms with Gasteiger partial charge in [-0.05, 0) is 43.7 Å². The fourth-order valence-electron chi connectivity index (χ4n) is 2.45. The van der Waals surface area contributed by atoms with Gasteiger partial charge in [0.05, 0.1) is 4.92 Å². The summed E-state index contributed by atoms with van der Waals surface area (Å²) in [7, 11) is 0. The van der Waals surface area contributed by atoms with Crippen LogP contribution >= 0.6 is 0 Å². The maximum atomic E-state index is 14.0. The van der Waals surface area contributed by atoms with Gasteiger partial charge in [-0.1, -0.05) is 32.9 Å². The highest BCUT2D eigenvalue weighted by Gasteiger charge is 2.18. The number of aryl methyl sites for hydroxylation is 1. The lowest BCUT2D eigenvalue weighted by Gasteiger charge is -2.20. The molecule has 0 radical (unpaired) electrons. The fourth-order valence-corrected chi connectivity index (χ4v) is 2.45. The van der Waals surface area contributed by atoms with Crippen molar-refractivity contribution < 1.29 is 9.31 Å². The Morgan fingerprint density at radius 3 is 2.67 bits per heavy atom. The number of nitrogens with zero attached hydrogens (tertiary/aromatic N) is 1. The van der Waals surface area contributed by atoms with Crippen LogP contribution in [0.2, 0.25) is 0 Å². The molecule has 0 spiro atoms. The first-order chi connectivity index (χ1) is 9.95. The molecule has 0 fully saturated rings. The van der Waals surface area contributed by atoms with Crippen LogP contribution in [-0.4, -0.2) is 17.5 Å². The lowest BCUT2D eigenvalue weighted by Crippen LogP contribution is -2.31. The zero-order valence-corrected chi connectivity index (χ0v) is 13.1. The van der Waals surface area contributed by atoms with E-state index in [1.54, 1.807) is 12.1 Å². The van der Waals surface area contributed by atoms with E-state index in [0.717, 1.165) is 25.8 Å². The van der Waals surface area contributed by atoms with E-state index < -0.39 is 16.4 Å². The van der Waals surface area contributed by atoms with E-state index in [9.17, 15) is 14.5 Å². The minimum absolute atomic E-state index is 0.323. The molecular formula is C16H25FN2O2. The minimum atomic E-state index is -0.693. The molecule has 118 valence electrons. The van der Waals surface area contributed by atoms with Gasteiger partial charge in [0.15, 0.2) is 0 Å². The summed E-state index contributed by atoms with van der Waals surface area (Å²) in [6.45, 7) is 7.37. The zero-order chi connectivity index (χ0) is 15.8. The van der Waals surface area contributed by atoms with Crippen LogP contribution in [0.5, 0.6) is 0 Å². The van der Waals surface area contributed by atoms with Gasteiger partial charge in [0.1, 0.15) is 0 Å². The molecule has 1 N–H and O–H groups in total. The third-order valence-electron chi connectivity index (χ3n) is 3.46. The second-order valence-electron chi connectivity index (χ2n) is 5.83. The number of nitro benzene ring substituents is 1. The van der Waals surface area contributed by atoms with Crippen LogP contribution in [0.4, 0.5) is 10.1 Å². The summed E-state index contributed by atoms with van der Waals surface area (Å²) >= 11 is 0. The van der Waals surface area contributed by atoms with Gasteiger partial charge in [0.25, 0.3) is 0 Å². The Labute approximate surface area is 125 Å². The molecule has 0 aliphatic heterocycles. The summed E-state index contributed by atoms with van der Waals surface area (Å²) in [6, 6.07) is 4.71. The van der Waals surface area contributed by atoms with Crippen molar-refractivity contribution >= 4 is 5.69 Å². The highest BCUT2D eigenvalue weighted by atomic mass is 19.1. The maximum Gasteiger partial charge on any atom is 0.305 e. The average molecular weight is 296 g/mol. The lowest BCUT2D eigenvalue weighted by atomic mass is 9.97. The van der Waals surface area contributed by atoms with Crippen molar-refractivity contribution in [1.29, 1.82) is 0 Å². The van der Waals surface area contributed by atoms with Gasteiger partial charge in [-0.25, -0.2) is 0 Å². The molecule has 0 bridgehead atoms. The third kappa shape index (κ3) is 5.79. The lowest BCUT2D eigenvalue weighted by molar-refractivity contribution is -0.387. The van der Waals surface area contributed by atoms with Gasteiger partial charge in [-0.3, -0.25) is 10.1 Å². The van der Waals surface area contributed by atoms with E-state index in [1.807, 2.05) is 0 Å². The van der Waals surface area contributed by atoms with Gasteiger partial charge < -0.3 is 5.32 Å². The van der Waals surface area contributed by atoms with Crippen LogP contribution in [-0.2, 0) is 6.42 Å². The first kappa shape index (κ1) is 17.6. The molecule has 0 aromatic heterocycles. The number of nitrogens with one attached hydrogen (secondary N) is 1. The van der Waals surface area contributed by atoms with Gasteiger partial charge >= 0.3 is 5.69 Å². The first-order valence-electron chi connectivity index (χ1n) is 7.60. The SMILES string of the molecule is CCCNC(CCc1cccc([N+](=O)[O-])c1F)CC(C)C. The van der Waals surface area contributed by atoms with Crippen molar-refractivity contribution in [3.8, 4) is 0 Å². The molecule has 1 atom stereocenters. The van der Waals surface area contributed by atoms with Crippen molar-refractivity contribution in [3.05, 3.63) is 39.7 Å². The summed E-state index contributed by atoms with van der Waals surface area (Å²) in [6.07, 6.45) is 3.38. The zero-order valence-electron chi connectivity index (χ0n) is 13.1. The summed E-state index contributed by atoms with van der Waals surface area (Å²) in [5.41, 5.74) is -0.00863. The molecule has 1 aromatic rings. The largest absolute Gasteiger partial charge is 0.314 e. The molecule has 0 aliphatic carbocycles. The Bertz CT molecular complexity index is 464. The number of rotatable bonds is 9. The van der Waals surface area contributed by atoms with Gasteiger partial charge in [0, 0.05) is 12.1 Å². The Kier molecular flexibility index (Phi) is 7.29. The molecule has 4 nitrogen and oxygen atoms in total. The molecule has 1 rings (SSSR count). The molecule has 0 amide bonds. The quantitative estimate of drug-likeness (QED) is 0.552. The summed E-state index contributed by atoms with van der Waals surface area (Å²) in [5.74, 6) is -0.129. The number of hydrogen-bond donors (Lipinski definition) is 1. The summed E-state index contributed by atoms with van der Waals surface area (Å²) in [4.78, 5) is 10.1. The van der Waals surface area contributed by atoms with Crippen LogP contribution in [0, 0.1) is 21.8 Å². The topological polar surface area (TPSA) is 55.2 Å². The summed E-state index contributed by atoms with van der Waals surface area (Å²) in [5, 5.41) is 14.2. The normalized spacial score (nSPS) is 12.6. The van der Waals surface area contributed by atoms with Crippen LogP contribution < -0.4 is 5.32 Å². The van der Waals surface area contributed by atoms with Gasteiger partial charge in [0.2, 0.25) is 5.82 Å². The molecule has 5 heteroatoms. The van der Waals surface area contributed by atoms with E-state index in [4.69, 9.17) is 0 Å². The molecular weight excluding hydrogens is 271 g/mol. The van der Waals surface area contributed by atoms with Crippen molar-refractivity contribution in [2.45, 2.75) is 52.5 Å². The Hall–Kier alpha value is -1.49. The monoisotopic (exact) mass is 296 g/mol. The number of benzene rings is 1. The molecule has 1 unspecified atom stereocenters. The summed E-state index contributed by atoms with van der Waals surface area (Å²) < 4.78 is 14.0. The third-order valence-corrected chi connectivity index (χ3v) is 3.46. The number of nitro groups is 1. The van der Waals surface area contributed by atoms with E-state index >= 15 is 0 Å². The first-order valence-corrected chi connectivity index (χ1v) is 7.60. The molecule has 21 heavy (non-hydrogen) atoms. The van der Waals surface area contributed by atoms with E-state index in [2.05, 4.69) is 26.1 Å². The second-order valence-corrected chi connectivity index (χ2v) is 5.83. The van der Waals surface area contributed by atoms with Crippen molar-refractivity contribution in [2.75, 3.05) is 6.54 Å². The van der Waals surface area contributed by atoms with Crippen LogP contribution in [0.15, 0.2) is 18.2 Å². The Balaban J connectivity index is 2.70. The number of halogens is 1. The van der Waals surface area contributed by atoms with Gasteiger partial charge in [-0.15, -0.1) is 0 Å². The van der Waals surface area contributed by atoms with E-state index in [0.29, 0.717) is 23.9 Å². The Morgan fingerprint density at radius 1 is 1.38 bits per heavy atom. The molecule has 0 saturated heterocycles. The highest BCUT2D eigenvalue weighted by molar-refractivity contribution is 5.36. The highest BCUT2D eigenvalue weighted by Crippen LogP contribution is 2.22. The van der Waals surface area contributed by atoms with Crippen LogP contribution in [0.3, 0.4) is 0 Å². The molecule has 1 aromatic carbocycles. The minimum Gasteiger partial charge on any atom is -0.314 e. The second kappa shape index (κ2) is 8.72. The van der Waals surface area contributed by atoms with Crippen molar-refractivity contribution in [2.24, 2.45) is 5.92 Å². The van der Waals surface area contributed by atoms with E-state index in [1.165, 1.54) is 6.07 Å². The Morgan fingerprint density at radius 2 is 2.10 bits per heavy atom. The van der Waals surface area contributed by atoms with Crippen molar-refractivity contribution in [3.63, 3.8) is 0 Å². The molecule has 0 heterocycles. The number of hydrogen-bond acceptors (Lipinski definition) is 3. The molecule has 0 aliphatic rings. The average Bonchev–Trinajstić information content (AvgIpc) is 2.42. The predicted molar refractivity (Wildman–Crippen MR) is 82.9 cm³/mol. The van der Waals surface area contributed by atoms with E-state index in [-0.39, 0.29) is 0 Å².